The normalized spacial score (nSPS) is 18.2. The van der Waals surface area contributed by atoms with Gasteiger partial charge < -0.3 is 20.1 Å². The molecule has 1 saturated heterocycles. The maximum atomic E-state index is 13.1. The van der Waals surface area contributed by atoms with Crippen LogP contribution in [0.5, 0.6) is 0 Å². The van der Waals surface area contributed by atoms with Gasteiger partial charge in [0.1, 0.15) is 0 Å². The molecule has 2 aromatic heterocycles. The van der Waals surface area contributed by atoms with Gasteiger partial charge in [-0.2, -0.15) is 18.3 Å². The molecule has 9 nitrogen and oxygen atoms in total. The number of aliphatic hydroxyl groups excluding tert-OH is 2. The van der Waals surface area contributed by atoms with Crippen molar-refractivity contribution in [2.24, 2.45) is 0 Å². The van der Waals surface area contributed by atoms with Crippen molar-refractivity contribution >= 4 is 11.0 Å². The fraction of sp³-hybridized carbons (Fsp3) is 0.448. The predicted octanol–water partition coefficient (Wildman–Crippen LogP) is 3.22. The van der Waals surface area contributed by atoms with E-state index >= 15 is 0 Å². The highest BCUT2D eigenvalue weighted by Gasteiger charge is 2.31. The van der Waals surface area contributed by atoms with E-state index in [0.717, 1.165) is 60.4 Å². The molecule has 12 heteroatoms. The molecule has 0 spiro atoms. The van der Waals surface area contributed by atoms with Crippen molar-refractivity contribution in [2.45, 2.75) is 50.7 Å². The summed E-state index contributed by atoms with van der Waals surface area (Å²) in [7, 11) is 0. The number of hydrogen-bond donors (Lipinski definition) is 3. The molecule has 3 N–H and O–H groups in total. The third-order valence-electron chi connectivity index (χ3n) is 8.30. The van der Waals surface area contributed by atoms with Crippen molar-refractivity contribution in [3.63, 3.8) is 0 Å². The van der Waals surface area contributed by atoms with Crippen LogP contribution in [-0.2, 0) is 25.7 Å². The molecule has 1 fully saturated rings. The second kappa shape index (κ2) is 11.1. The Labute approximate surface area is 234 Å². The summed E-state index contributed by atoms with van der Waals surface area (Å²) in [6.07, 6.45) is -2.93. The molecule has 0 amide bonds. The van der Waals surface area contributed by atoms with E-state index in [4.69, 9.17) is 5.10 Å². The first-order chi connectivity index (χ1) is 19.7. The lowest BCUT2D eigenvalue weighted by Crippen LogP contribution is -2.42. The number of nitrogens with zero attached hydrogens (tertiary/aromatic N) is 5. The number of alkyl halides is 3. The Hall–Kier alpha value is -3.45. The van der Waals surface area contributed by atoms with Crippen LogP contribution in [0.15, 0.2) is 53.3 Å². The molecule has 2 aromatic carbocycles. The first-order valence-electron chi connectivity index (χ1n) is 13.9. The molecule has 0 radical (unpaired) electrons. The second-order valence-corrected chi connectivity index (χ2v) is 11.0. The third-order valence-corrected chi connectivity index (χ3v) is 8.30. The topological polar surface area (TPSA) is 103 Å². The Bertz CT molecular complexity index is 1570. The number of β-amino-alcohol motifs (C(OH)–C–C–N with tert-alkyl or cyclic N) is 1. The van der Waals surface area contributed by atoms with Gasteiger partial charge in [-0.3, -0.25) is 14.1 Å². The van der Waals surface area contributed by atoms with Crippen molar-refractivity contribution in [2.75, 3.05) is 32.9 Å². The zero-order chi connectivity index (χ0) is 28.7. The number of hydrogen-bond acceptors (Lipinski definition) is 6. The Morgan fingerprint density at radius 1 is 1.00 bits per heavy atom. The molecule has 218 valence electrons. The van der Waals surface area contributed by atoms with Crippen molar-refractivity contribution < 1.29 is 23.4 Å². The van der Waals surface area contributed by atoms with Gasteiger partial charge in [-0.25, -0.2) is 4.79 Å². The molecule has 6 rings (SSSR count). The lowest BCUT2D eigenvalue weighted by atomic mass is 10.00. The zero-order valence-corrected chi connectivity index (χ0v) is 22.5. The highest BCUT2D eigenvalue weighted by molar-refractivity contribution is 5.75. The number of aromatic amines is 1. The SMILES string of the molecule is O=c1[nH]c2ccccc2n1C1CCN(CC(O)Cn2nc(-c3ccc(C(F)(F)F)cc3)c3c2CCN(CO)C3)CC1. The number of likely N-dealkylation sites (tertiary alicyclic amines) is 1. The van der Waals surface area contributed by atoms with Crippen LogP contribution >= 0.6 is 0 Å². The number of fused-ring (bicyclic) bond motifs is 2. The summed E-state index contributed by atoms with van der Waals surface area (Å²) in [6, 6.07) is 12.7. The average molecular weight is 571 g/mol. The fourth-order valence-corrected chi connectivity index (χ4v) is 6.22. The molecule has 4 aromatic rings. The molecule has 2 aliphatic rings. The molecular weight excluding hydrogens is 537 g/mol. The van der Waals surface area contributed by atoms with E-state index in [-0.39, 0.29) is 25.0 Å². The Kier molecular flexibility index (Phi) is 7.49. The summed E-state index contributed by atoms with van der Waals surface area (Å²) in [6.45, 7) is 3.12. The first-order valence-corrected chi connectivity index (χ1v) is 13.9. The van der Waals surface area contributed by atoms with Crippen molar-refractivity contribution in [1.82, 2.24) is 29.1 Å². The van der Waals surface area contributed by atoms with Crippen LogP contribution < -0.4 is 5.69 Å². The van der Waals surface area contributed by atoms with Crippen LogP contribution in [0.25, 0.3) is 22.3 Å². The summed E-state index contributed by atoms with van der Waals surface area (Å²) < 4.78 is 42.9. The predicted molar refractivity (Wildman–Crippen MR) is 147 cm³/mol. The molecule has 2 aliphatic heterocycles. The molecule has 41 heavy (non-hydrogen) atoms. The molecule has 1 unspecified atom stereocenters. The number of aliphatic hydroxyl groups is 2. The summed E-state index contributed by atoms with van der Waals surface area (Å²) in [4.78, 5) is 19.6. The zero-order valence-electron chi connectivity index (χ0n) is 22.5. The Balaban J connectivity index is 1.15. The fourth-order valence-electron chi connectivity index (χ4n) is 6.22. The van der Waals surface area contributed by atoms with Crippen LogP contribution in [-0.4, -0.2) is 78.4 Å². The summed E-state index contributed by atoms with van der Waals surface area (Å²) >= 11 is 0. The number of nitrogens with one attached hydrogen (secondary N) is 1. The maximum absolute atomic E-state index is 13.1. The van der Waals surface area contributed by atoms with Gasteiger partial charge in [0.15, 0.2) is 0 Å². The molecule has 0 saturated carbocycles. The van der Waals surface area contributed by atoms with Gasteiger partial charge in [0.2, 0.25) is 0 Å². The van der Waals surface area contributed by atoms with E-state index in [1.54, 1.807) is 4.68 Å². The maximum Gasteiger partial charge on any atom is 0.416 e. The smallest absolute Gasteiger partial charge is 0.390 e. The van der Waals surface area contributed by atoms with E-state index in [0.29, 0.717) is 37.3 Å². The number of para-hydroxylation sites is 2. The number of rotatable bonds is 7. The number of benzene rings is 2. The largest absolute Gasteiger partial charge is 0.416 e. The van der Waals surface area contributed by atoms with Crippen LogP contribution in [0.3, 0.4) is 0 Å². The quantitative estimate of drug-likeness (QED) is 0.316. The van der Waals surface area contributed by atoms with Gasteiger partial charge in [0.05, 0.1) is 41.7 Å². The highest BCUT2D eigenvalue weighted by atomic mass is 19.4. The van der Waals surface area contributed by atoms with Gasteiger partial charge in [-0.15, -0.1) is 0 Å². The monoisotopic (exact) mass is 570 g/mol. The molecule has 0 bridgehead atoms. The summed E-state index contributed by atoms with van der Waals surface area (Å²) in [5, 5.41) is 25.5. The van der Waals surface area contributed by atoms with Crippen molar-refractivity contribution in [1.29, 1.82) is 0 Å². The van der Waals surface area contributed by atoms with Gasteiger partial charge in [0.25, 0.3) is 0 Å². The standard InChI is InChI=1S/C29H33F3N6O3/c30-29(31,32)20-7-5-19(6-8-20)27-23-17-36(18-39)14-11-25(23)37(34-27)16-22(40)15-35-12-9-21(10-13-35)38-26-4-2-1-3-24(26)33-28(38)41/h1-8,21-22,39-40H,9-18H2,(H,33,41). The van der Waals surface area contributed by atoms with Crippen LogP contribution in [0.1, 0.15) is 35.7 Å². The minimum absolute atomic E-state index is 0.0888. The minimum atomic E-state index is -4.42. The van der Waals surface area contributed by atoms with Crippen LogP contribution in [0, 0.1) is 0 Å². The van der Waals surface area contributed by atoms with Crippen molar-refractivity contribution in [3.8, 4) is 11.3 Å². The van der Waals surface area contributed by atoms with E-state index < -0.39 is 17.8 Å². The van der Waals surface area contributed by atoms with Gasteiger partial charge >= 0.3 is 11.9 Å². The third kappa shape index (κ3) is 5.56. The molecular formula is C29H33F3N6O3. The number of aromatic nitrogens is 4. The van der Waals surface area contributed by atoms with E-state index in [1.807, 2.05) is 33.7 Å². The lowest BCUT2D eigenvalue weighted by Gasteiger charge is -2.33. The molecule has 4 heterocycles. The average Bonchev–Trinajstić information content (AvgIpc) is 3.49. The van der Waals surface area contributed by atoms with Crippen molar-refractivity contribution in [3.05, 3.63) is 75.8 Å². The Morgan fingerprint density at radius 2 is 1.73 bits per heavy atom. The van der Waals surface area contributed by atoms with Gasteiger partial charge in [-0.1, -0.05) is 24.3 Å². The van der Waals surface area contributed by atoms with Gasteiger partial charge in [0, 0.05) is 62.0 Å². The summed E-state index contributed by atoms with van der Waals surface area (Å²) in [5.74, 6) is 0. The van der Waals surface area contributed by atoms with Crippen LogP contribution in [0.2, 0.25) is 0 Å². The number of piperidine rings is 1. The van der Waals surface area contributed by atoms with E-state index in [2.05, 4.69) is 9.88 Å². The second-order valence-electron chi connectivity index (χ2n) is 11.0. The highest BCUT2D eigenvalue weighted by Crippen LogP contribution is 2.34. The number of halogens is 3. The molecule has 0 aliphatic carbocycles. The molecule has 1 atom stereocenters. The van der Waals surface area contributed by atoms with E-state index in [1.165, 1.54) is 12.1 Å². The Morgan fingerprint density at radius 3 is 2.44 bits per heavy atom. The lowest BCUT2D eigenvalue weighted by molar-refractivity contribution is -0.137. The number of H-pyrrole nitrogens is 1. The minimum Gasteiger partial charge on any atom is -0.390 e. The van der Waals surface area contributed by atoms with Crippen LogP contribution in [0.4, 0.5) is 13.2 Å². The van der Waals surface area contributed by atoms with Gasteiger partial charge in [-0.05, 0) is 37.1 Å². The van der Waals surface area contributed by atoms with E-state index in [9.17, 15) is 28.2 Å². The first kappa shape index (κ1) is 27.7. The summed E-state index contributed by atoms with van der Waals surface area (Å²) in [5.41, 5.74) is 3.85. The number of imidazole rings is 1.